The van der Waals surface area contributed by atoms with Crippen molar-refractivity contribution in [1.29, 1.82) is 0 Å². The lowest BCUT2D eigenvalue weighted by molar-refractivity contribution is 0.177. The van der Waals surface area contributed by atoms with E-state index in [0.717, 1.165) is 44.2 Å². The third kappa shape index (κ3) is 3.96. The average molecular weight is 366 g/mol. The smallest absolute Gasteiger partial charge is 0.156 e. The van der Waals surface area contributed by atoms with E-state index in [1.54, 1.807) is 7.11 Å². The molecule has 3 aromatic rings. The predicted octanol–water partition coefficient (Wildman–Crippen LogP) is 3.50. The minimum atomic E-state index is 0.347. The van der Waals surface area contributed by atoms with Crippen LogP contribution in [0, 0.1) is 6.92 Å². The number of fused-ring (bicyclic) bond motifs is 1. The van der Waals surface area contributed by atoms with Gasteiger partial charge in [0.2, 0.25) is 0 Å². The number of hydrogen-bond acceptors (Lipinski definition) is 5. The van der Waals surface area contributed by atoms with Crippen LogP contribution in [0.3, 0.4) is 0 Å². The number of para-hydroxylation sites is 1. The maximum Gasteiger partial charge on any atom is 0.156 e. The first kappa shape index (κ1) is 17.9. The van der Waals surface area contributed by atoms with E-state index in [1.807, 2.05) is 0 Å². The molecule has 0 saturated carbocycles. The number of aromatic nitrogens is 3. The van der Waals surface area contributed by atoms with Crippen molar-refractivity contribution >= 4 is 16.7 Å². The Kier molecular flexibility index (Phi) is 5.36. The zero-order valence-electron chi connectivity index (χ0n) is 15.9. The first-order chi connectivity index (χ1) is 13.2. The Balaban J connectivity index is 1.49. The second kappa shape index (κ2) is 8.06. The average Bonchev–Trinajstić information content (AvgIpc) is 3.30. The molecule has 2 aromatic heterocycles. The van der Waals surface area contributed by atoms with Crippen molar-refractivity contribution in [2.75, 3.05) is 32.2 Å². The molecule has 27 heavy (non-hydrogen) atoms. The fourth-order valence-corrected chi connectivity index (χ4v) is 3.72. The highest BCUT2D eigenvalue weighted by Gasteiger charge is 2.20. The maximum absolute atomic E-state index is 5.52. The number of nitrogens with one attached hydrogen (secondary N) is 1. The summed E-state index contributed by atoms with van der Waals surface area (Å²) < 4.78 is 13.1. The lowest BCUT2D eigenvalue weighted by Crippen LogP contribution is -2.14. The third-order valence-corrected chi connectivity index (χ3v) is 5.07. The second-order valence-corrected chi connectivity index (χ2v) is 7.01. The molecule has 1 N–H and O–H groups in total. The van der Waals surface area contributed by atoms with E-state index in [9.17, 15) is 0 Å². The summed E-state index contributed by atoms with van der Waals surface area (Å²) in [6.07, 6.45) is 1.01. The summed E-state index contributed by atoms with van der Waals surface area (Å²) in [6.45, 7) is 5.78. The van der Waals surface area contributed by atoms with E-state index in [2.05, 4.69) is 63.2 Å². The third-order valence-electron chi connectivity index (χ3n) is 5.07. The Bertz CT molecular complexity index is 916. The molecule has 1 aliphatic rings. The fraction of sp³-hybridized carbons (Fsp3) is 0.429. The van der Waals surface area contributed by atoms with Crippen LogP contribution >= 0.6 is 0 Å². The Morgan fingerprint density at radius 1 is 1.26 bits per heavy atom. The summed E-state index contributed by atoms with van der Waals surface area (Å²) in [6, 6.07) is 12.8. The Labute approximate surface area is 159 Å². The van der Waals surface area contributed by atoms with Crippen LogP contribution in [0.4, 0.5) is 5.82 Å². The summed E-state index contributed by atoms with van der Waals surface area (Å²) >= 11 is 0. The summed E-state index contributed by atoms with van der Waals surface area (Å²) in [4.78, 5) is 9.26. The van der Waals surface area contributed by atoms with Crippen molar-refractivity contribution in [3.05, 3.63) is 53.6 Å². The van der Waals surface area contributed by atoms with Crippen molar-refractivity contribution < 1.29 is 9.47 Å². The van der Waals surface area contributed by atoms with Crippen molar-refractivity contribution in [1.82, 2.24) is 14.5 Å². The van der Waals surface area contributed by atoms with Gasteiger partial charge < -0.3 is 19.4 Å². The van der Waals surface area contributed by atoms with Crippen LogP contribution in [0.15, 0.2) is 36.4 Å². The zero-order chi connectivity index (χ0) is 18.6. The number of rotatable bonds is 7. The van der Waals surface area contributed by atoms with Gasteiger partial charge in [-0.3, -0.25) is 0 Å². The lowest BCUT2D eigenvalue weighted by Gasteiger charge is -2.14. The van der Waals surface area contributed by atoms with Crippen molar-refractivity contribution in [2.24, 2.45) is 0 Å². The van der Waals surface area contributed by atoms with Gasteiger partial charge >= 0.3 is 0 Å². The van der Waals surface area contributed by atoms with Gasteiger partial charge in [-0.05, 0) is 30.9 Å². The monoisotopic (exact) mass is 366 g/mol. The SMILES string of the molecule is COCc1nc(NCCn2c(C)cc3ccccc32)cc([C@H]2CCOC2)n1. The van der Waals surface area contributed by atoms with Gasteiger partial charge in [0.1, 0.15) is 12.4 Å². The Hall–Kier alpha value is -2.44. The molecular formula is C21H26N4O2. The number of benzene rings is 1. The van der Waals surface area contributed by atoms with Crippen LogP contribution in [-0.2, 0) is 22.6 Å². The molecule has 0 unspecified atom stereocenters. The molecule has 1 atom stereocenters. The molecule has 1 fully saturated rings. The van der Waals surface area contributed by atoms with Crippen LogP contribution in [0.1, 0.15) is 29.6 Å². The number of hydrogen-bond donors (Lipinski definition) is 1. The summed E-state index contributed by atoms with van der Waals surface area (Å²) in [5.41, 5.74) is 3.58. The summed E-state index contributed by atoms with van der Waals surface area (Å²) in [5, 5.41) is 4.75. The zero-order valence-corrected chi connectivity index (χ0v) is 15.9. The molecule has 3 heterocycles. The highest BCUT2D eigenvalue weighted by molar-refractivity contribution is 5.81. The summed E-state index contributed by atoms with van der Waals surface area (Å²) in [5.74, 6) is 1.92. The fourth-order valence-electron chi connectivity index (χ4n) is 3.72. The van der Waals surface area contributed by atoms with E-state index in [-0.39, 0.29) is 0 Å². The quantitative estimate of drug-likeness (QED) is 0.693. The van der Waals surface area contributed by atoms with Gasteiger partial charge in [0.05, 0.1) is 12.3 Å². The number of nitrogens with zero attached hydrogens (tertiary/aromatic N) is 3. The molecule has 0 radical (unpaired) electrons. The highest BCUT2D eigenvalue weighted by atomic mass is 16.5. The van der Waals surface area contributed by atoms with Crippen molar-refractivity contribution in [3.63, 3.8) is 0 Å². The normalized spacial score (nSPS) is 16.9. The first-order valence-corrected chi connectivity index (χ1v) is 9.48. The van der Waals surface area contributed by atoms with E-state index in [0.29, 0.717) is 18.3 Å². The first-order valence-electron chi connectivity index (χ1n) is 9.48. The van der Waals surface area contributed by atoms with Crippen LogP contribution < -0.4 is 5.32 Å². The van der Waals surface area contributed by atoms with Gasteiger partial charge in [-0.1, -0.05) is 18.2 Å². The molecule has 0 bridgehead atoms. The van der Waals surface area contributed by atoms with Crippen LogP contribution in [-0.4, -0.2) is 41.4 Å². The topological polar surface area (TPSA) is 61.2 Å². The summed E-state index contributed by atoms with van der Waals surface area (Å²) in [7, 11) is 1.67. The minimum absolute atomic E-state index is 0.347. The molecule has 6 nitrogen and oxygen atoms in total. The van der Waals surface area contributed by atoms with Crippen LogP contribution in [0.2, 0.25) is 0 Å². The van der Waals surface area contributed by atoms with Crippen LogP contribution in [0.5, 0.6) is 0 Å². The molecule has 142 valence electrons. The molecule has 0 amide bonds. The van der Waals surface area contributed by atoms with Crippen LogP contribution in [0.25, 0.3) is 10.9 Å². The number of anilines is 1. The highest BCUT2D eigenvalue weighted by Crippen LogP contribution is 2.25. The van der Waals surface area contributed by atoms with E-state index >= 15 is 0 Å². The van der Waals surface area contributed by atoms with E-state index < -0.39 is 0 Å². The van der Waals surface area contributed by atoms with Crippen molar-refractivity contribution in [3.8, 4) is 0 Å². The Morgan fingerprint density at radius 3 is 2.96 bits per heavy atom. The standard InChI is InChI=1S/C21H26N4O2/c1-15-11-16-5-3-4-6-19(16)25(15)9-8-22-20-12-18(17-7-10-27-13-17)23-21(24-20)14-26-2/h3-6,11-12,17H,7-10,13-14H2,1-2H3,(H,22,23,24)/t17-/m0/s1. The van der Waals surface area contributed by atoms with Gasteiger partial charge in [0.25, 0.3) is 0 Å². The Morgan fingerprint density at radius 2 is 2.15 bits per heavy atom. The minimum Gasteiger partial charge on any atom is -0.381 e. The maximum atomic E-state index is 5.52. The lowest BCUT2D eigenvalue weighted by atomic mass is 10.0. The van der Waals surface area contributed by atoms with Crippen molar-refractivity contribution in [2.45, 2.75) is 32.4 Å². The van der Waals surface area contributed by atoms with Gasteiger partial charge in [0.15, 0.2) is 5.82 Å². The van der Waals surface area contributed by atoms with Gasteiger partial charge in [0, 0.05) is 50.0 Å². The molecule has 1 aromatic carbocycles. The molecule has 1 saturated heterocycles. The molecule has 6 heteroatoms. The second-order valence-electron chi connectivity index (χ2n) is 7.01. The number of ether oxygens (including phenoxy) is 2. The molecule has 4 rings (SSSR count). The number of methoxy groups -OCH3 is 1. The van der Waals surface area contributed by atoms with Gasteiger partial charge in [-0.25, -0.2) is 9.97 Å². The predicted molar refractivity (Wildman–Crippen MR) is 106 cm³/mol. The molecule has 0 aliphatic carbocycles. The van der Waals surface area contributed by atoms with Gasteiger partial charge in [-0.2, -0.15) is 0 Å². The van der Waals surface area contributed by atoms with E-state index in [4.69, 9.17) is 9.47 Å². The molecular weight excluding hydrogens is 340 g/mol. The largest absolute Gasteiger partial charge is 0.381 e. The van der Waals surface area contributed by atoms with E-state index in [1.165, 1.54) is 16.6 Å². The number of aryl methyl sites for hydroxylation is 1. The molecule has 1 aliphatic heterocycles. The van der Waals surface area contributed by atoms with Gasteiger partial charge in [-0.15, -0.1) is 0 Å². The molecule has 0 spiro atoms.